The number of fused-ring (bicyclic) bond motifs is 1. The van der Waals surface area contributed by atoms with Gasteiger partial charge in [-0.25, -0.2) is 9.78 Å². The lowest BCUT2D eigenvalue weighted by Crippen LogP contribution is -2.19. The van der Waals surface area contributed by atoms with Crippen molar-refractivity contribution in [2.75, 3.05) is 6.61 Å². The number of carbonyl (C=O) groups is 2. The summed E-state index contributed by atoms with van der Waals surface area (Å²) in [5.41, 5.74) is 2.46. The van der Waals surface area contributed by atoms with Crippen molar-refractivity contribution in [2.24, 2.45) is 0 Å². The molecule has 7 nitrogen and oxygen atoms in total. The van der Waals surface area contributed by atoms with Gasteiger partial charge in [0.2, 0.25) is 11.7 Å². The van der Waals surface area contributed by atoms with Gasteiger partial charge in [0.25, 0.3) is 0 Å². The van der Waals surface area contributed by atoms with Crippen LogP contribution in [-0.4, -0.2) is 28.3 Å². The number of Topliss-reactive ketones (excluding diaryl/α,β-unsaturated/α-hetero) is 1. The minimum atomic E-state index is -0.702. The van der Waals surface area contributed by atoms with Gasteiger partial charge in [-0.1, -0.05) is 0 Å². The Balaban J connectivity index is 1.64. The molecule has 0 atom stereocenters. The largest absolute Gasteiger partial charge is 0.462 e. The number of ether oxygens (including phenoxy) is 2. The van der Waals surface area contributed by atoms with Crippen molar-refractivity contribution in [3.05, 3.63) is 69.2 Å². The number of rotatable bonds is 6. The van der Waals surface area contributed by atoms with Gasteiger partial charge in [0, 0.05) is 28.2 Å². The average Bonchev–Trinajstić information content (AvgIpc) is 3.39. The van der Waals surface area contributed by atoms with Gasteiger partial charge in [-0.3, -0.25) is 4.79 Å². The van der Waals surface area contributed by atoms with Gasteiger partial charge in [-0.15, -0.1) is 11.3 Å². The smallest absolute Gasteiger partial charge is 0.347 e. The molecule has 1 aliphatic rings. The normalized spacial score (nSPS) is 15.2. The Bertz CT molecular complexity index is 1160. The molecule has 0 amide bonds. The maximum atomic E-state index is 12.9. The lowest BCUT2D eigenvalue weighted by Gasteiger charge is -2.08. The van der Waals surface area contributed by atoms with Crippen LogP contribution in [0, 0.1) is 6.92 Å². The number of thiophene rings is 1. The molecule has 1 aliphatic heterocycles. The van der Waals surface area contributed by atoms with E-state index in [2.05, 4.69) is 15.3 Å². The molecule has 3 aromatic rings. The van der Waals surface area contributed by atoms with Crippen molar-refractivity contribution < 1.29 is 19.1 Å². The second kappa shape index (κ2) is 7.92. The quantitative estimate of drug-likeness (QED) is 0.368. The third kappa shape index (κ3) is 3.66. The minimum absolute atomic E-state index is 0.0585. The van der Waals surface area contributed by atoms with E-state index >= 15 is 0 Å². The van der Waals surface area contributed by atoms with E-state index in [4.69, 9.17) is 9.47 Å². The molecule has 4 heterocycles. The monoisotopic (exact) mass is 409 g/mol. The molecule has 4 rings (SSSR count). The second-order valence-electron chi connectivity index (χ2n) is 6.39. The predicted octanol–water partition coefficient (Wildman–Crippen LogP) is 3.44. The number of nitrogens with one attached hydrogen (secondary N) is 2. The topological polar surface area (TPSA) is 93.3 Å². The first-order valence-corrected chi connectivity index (χ1v) is 10.0. The fourth-order valence-corrected chi connectivity index (χ4v) is 3.87. The van der Waals surface area contributed by atoms with Gasteiger partial charge in [0.05, 0.1) is 13.2 Å². The zero-order valence-corrected chi connectivity index (χ0v) is 16.8. The molecule has 0 fully saturated rings. The maximum Gasteiger partial charge on any atom is 0.347 e. The summed E-state index contributed by atoms with van der Waals surface area (Å²) < 4.78 is 10.8. The Hall–Kier alpha value is -3.39. The van der Waals surface area contributed by atoms with Gasteiger partial charge in [-0.05, 0) is 49.1 Å². The van der Waals surface area contributed by atoms with Crippen LogP contribution in [-0.2, 0) is 25.6 Å². The van der Waals surface area contributed by atoms with E-state index < -0.39 is 11.8 Å². The van der Waals surface area contributed by atoms with Gasteiger partial charge in [-0.2, -0.15) is 0 Å². The number of allylic oxidation sites excluding steroid dienone is 1. The third-order valence-corrected chi connectivity index (χ3v) is 5.54. The Kier molecular flexibility index (Phi) is 5.18. The van der Waals surface area contributed by atoms with E-state index in [9.17, 15) is 9.59 Å². The van der Waals surface area contributed by atoms with Crippen molar-refractivity contribution in [1.82, 2.24) is 15.3 Å². The zero-order valence-electron chi connectivity index (χ0n) is 15.9. The zero-order chi connectivity index (χ0) is 20.4. The van der Waals surface area contributed by atoms with Crippen LogP contribution in [0.3, 0.4) is 0 Å². The van der Waals surface area contributed by atoms with Crippen molar-refractivity contribution in [2.45, 2.75) is 20.4 Å². The van der Waals surface area contributed by atoms with Crippen LogP contribution in [0.2, 0.25) is 0 Å². The van der Waals surface area contributed by atoms with Gasteiger partial charge < -0.3 is 19.8 Å². The molecule has 0 aliphatic carbocycles. The van der Waals surface area contributed by atoms with Crippen LogP contribution in [0.5, 0.6) is 0 Å². The number of pyridine rings is 1. The first-order valence-electron chi connectivity index (χ1n) is 9.13. The number of nitrogens with zero attached hydrogens (tertiary/aromatic N) is 1. The van der Waals surface area contributed by atoms with Crippen LogP contribution >= 0.6 is 11.3 Å². The number of ketones is 1. The molecule has 3 aromatic heterocycles. The number of hydrogen-bond donors (Lipinski definition) is 2. The van der Waals surface area contributed by atoms with E-state index in [-0.39, 0.29) is 23.8 Å². The lowest BCUT2D eigenvalue weighted by molar-refractivity contribution is -0.139. The highest BCUT2D eigenvalue weighted by molar-refractivity contribution is 7.10. The number of aromatic nitrogens is 2. The number of aryl methyl sites for hydroxylation is 1. The van der Waals surface area contributed by atoms with Crippen molar-refractivity contribution >= 4 is 40.2 Å². The number of hydrogen-bond acceptors (Lipinski definition) is 7. The molecule has 0 saturated heterocycles. The average molecular weight is 409 g/mol. The SMILES string of the molecule is CCOC(=O)C1=C(NCc2sccc2C)OC(=Cc2c[nH]c3ncccc23)C1=O. The molecule has 0 unspecified atom stereocenters. The van der Waals surface area contributed by atoms with Crippen LogP contribution in [0.4, 0.5) is 0 Å². The van der Waals surface area contributed by atoms with Gasteiger partial charge in [0.1, 0.15) is 5.65 Å². The number of carbonyl (C=O) groups excluding carboxylic acids is 2. The lowest BCUT2D eigenvalue weighted by atomic mass is 10.1. The van der Waals surface area contributed by atoms with E-state index in [0.717, 1.165) is 21.4 Å². The maximum absolute atomic E-state index is 12.9. The summed E-state index contributed by atoms with van der Waals surface area (Å²) in [6, 6.07) is 5.72. The van der Waals surface area contributed by atoms with E-state index in [1.807, 2.05) is 30.5 Å². The fourth-order valence-electron chi connectivity index (χ4n) is 3.03. The molecule has 2 N–H and O–H groups in total. The molecule has 0 bridgehead atoms. The number of esters is 1. The molecule has 29 heavy (non-hydrogen) atoms. The summed E-state index contributed by atoms with van der Waals surface area (Å²) in [6.07, 6.45) is 5.03. The summed E-state index contributed by atoms with van der Waals surface area (Å²) in [6.45, 7) is 4.31. The van der Waals surface area contributed by atoms with E-state index in [1.54, 1.807) is 36.7 Å². The molecule has 0 aromatic carbocycles. The number of aromatic amines is 1. The second-order valence-corrected chi connectivity index (χ2v) is 7.39. The van der Waals surface area contributed by atoms with E-state index in [0.29, 0.717) is 12.2 Å². The van der Waals surface area contributed by atoms with Crippen molar-refractivity contribution in [3.8, 4) is 0 Å². The Morgan fingerprint density at radius 1 is 1.41 bits per heavy atom. The first-order chi connectivity index (χ1) is 14.1. The minimum Gasteiger partial charge on any atom is -0.462 e. The van der Waals surface area contributed by atoms with Crippen LogP contribution < -0.4 is 5.32 Å². The molecule has 0 spiro atoms. The Labute approximate surface area is 171 Å². The van der Waals surface area contributed by atoms with Crippen LogP contribution in [0.15, 0.2) is 53.2 Å². The first kappa shape index (κ1) is 18.9. The summed E-state index contributed by atoms with van der Waals surface area (Å²) in [5.74, 6) is -1.03. The standard InChI is InChI=1S/C21H19N3O4S/c1-3-27-21(26)17-18(25)15(9-13-10-23-19-14(13)5-4-7-22-19)28-20(17)24-11-16-12(2)6-8-29-16/h4-10,24H,3,11H2,1-2H3,(H,22,23). The molecule has 0 saturated carbocycles. The Morgan fingerprint density at radius 3 is 3.03 bits per heavy atom. The molecule has 8 heteroatoms. The molecular formula is C21H19N3O4S. The van der Waals surface area contributed by atoms with Crippen LogP contribution in [0.1, 0.15) is 22.9 Å². The molecule has 0 radical (unpaired) electrons. The fraction of sp³-hybridized carbons (Fsp3) is 0.190. The third-order valence-electron chi connectivity index (χ3n) is 4.52. The molecular weight excluding hydrogens is 390 g/mol. The highest BCUT2D eigenvalue weighted by Crippen LogP contribution is 2.28. The van der Waals surface area contributed by atoms with Gasteiger partial charge >= 0.3 is 5.97 Å². The summed E-state index contributed by atoms with van der Waals surface area (Å²) in [5, 5.41) is 5.92. The predicted molar refractivity (Wildman–Crippen MR) is 110 cm³/mol. The Morgan fingerprint density at radius 2 is 2.28 bits per heavy atom. The highest BCUT2D eigenvalue weighted by atomic mass is 32.1. The highest BCUT2D eigenvalue weighted by Gasteiger charge is 2.37. The van der Waals surface area contributed by atoms with Crippen LogP contribution in [0.25, 0.3) is 17.1 Å². The van der Waals surface area contributed by atoms with Crippen molar-refractivity contribution in [1.29, 1.82) is 0 Å². The van der Waals surface area contributed by atoms with Crippen molar-refractivity contribution in [3.63, 3.8) is 0 Å². The number of H-pyrrole nitrogens is 1. The summed E-state index contributed by atoms with van der Waals surface area (Å²) >= 11 is 1.59. The summed E-state index contributed by atoms with van der Waals surface area (Å²) in [7, 11) is 0. The van der Waals surface area contributed by atoms with Gasteiger partial charge in [0.15, 0.2) is 11.3 Å². The van der Waals surface area contributed by atoms with E-state index in [1.165, 1.54) is 0 Å². The summed E-state index contributed by atoms with van der Waals surface area (Å²) in [4.78, 5) is 33.7. The molecule has 148 valence electrons.